The first kappa shape index (κ1) is 9.89. The molecule has 0 saturated heterocycles. The van der Waals surface area contributed by atoms with E-state index < -0.39 is 0 Å². The Morgan fingerprint density at radius 1 is 1.31 bits per heavy atom. The minimum Gasteiger partial charge on any atom is -0.392 e. The predicted molar refractivity (Wildman–Crippen MR) is 66.7 cm³/mol. The fraction of sp³-hybridized carbons (Fsp3) is 0.0909. The monoisotopic (exact) mass is 248 g/mol. The van der Waals surface area contributed by atoms with E-state index in [1.165, 1.54) is 0 Å². The van der Waals surface area contributed by atoms with E-state index in [4.69, 9.17) is 5.11 Å². The molecule has 3 nitrogen and oxygen atoms in total. The van der Waals surface area contributed by atoms with Gasteiger partial charge in [-0.3, -0.25) is 0 Å². The zero-order valence-electron chi connectivity index (χ0n) is 8.25. The van der Waals surface area contributed by atoms with Gasteiger partial charge < -0.3 is 5.11 Å². The largest absolute Gasteiger partial charge is 0.392 e. The smallest absolute Gasteiger partial charge is 0.170 e. The Kier molecular flexibility index (Phi) is 2.43. The average molecular weight is 248 g/mol. The lowest BCUT2D eigenvalue weighted by Crippen LogP contribution is -1.87. The molecule has 3 aromatic heterocycles. The van der Waals surface area contributed by atoms with Crippen LogP contribution in [0.15, 0.2) is 29.1 Å². The van der Waals surface area contributed by atoms with Crippen LogP contribution in [-0.4, -0.2) is 15.1 Å². The topological polar surface area (TPSA) is 46.0 Å². The molecule has 80 valence electrons. The summed E-state index contributed by atoms with van der Waals surface area (Å²) in [6.07, 6.45) is 1.79. The Hall–Kier alpha value is -1.30. The molecule has 0 aromatic carbocycles. The Morgan fingerprint density at radius 3 is 3.00 bits per heavy atom. The first-order valence-corrected chi connectivity index (χ1v) is 6.52. The van der Waals surface area contributed by atoms with Gasteiger partial charge in [0.25, 0.3) is 0 Å². The van der Waals surface area contributed by atoms with Gasteiger partial charge in [-0.2, -0.15) is 0 Å². The summed E-state index contributed by atoms with van der Waals surface area (Å²) in [6.45, 7) is 0.0434. The summed E-state index contributed by atoms with van der Waals surface area (Å²) < 4.78 is 0. The van der Waals surface area contributed by atoms with Crippen molar-refractivity contribution < 1.29 is 5.11 Å². The molecule has 0 aliphatic heterocycles. The molecule has 3 rings (SSSR count). The molecule has 0 spiro atoms. The van der Waals surface area contributed by atoms with E-state index in [0.29, 0.717) is 0 Å². The lowest BCUT2D eigenvalue weighted by Gasteiger charge is -1.96. The molecule has 0 radical (unpaired) electrons. The summed E-state index contributed by atoms with van der Waals surface area (Å²) in [4.78, 5) is 10.8. The molecule has 0 aliphatic rings. The summed E-state index contributed by atoms with van der Waals surface area (Å²) in [5, 5.41) is 14.0. The number of fused-ring (bicyclic) bond motifs is 1. The van der Waals surface area contributed by atoms with Crippen molar-refractivity contribution >= 4 is 32.9 Å². The number of hydrogen-bond donors (Lipinski definition) is 1. The van der Waals surface area contributed by atoms with Crippen LogP contribution in [0.4, 0.5) is 0 Å². The number of rotatable bonds is 2. The summed E-state index contributed by atoms with van der Waals surface area (Å²) >= 11 is 3.17. The normalized spacial score (nSPS) is 11.1. The number of aliphatic hydroxyl groups is 1. The molecule has 0 aliphatic carbocycles. The second kappa shape index (κ2) is 3.93. The molecule has 0 bridgehead atoms. The van der Waals surface area contributed by atoms with Crippen molar-refractivity contribution in [2.75, 3.05) is 0 Å². The highest BCUT2D eigenvalue weighted by atomic mass is 32.1. The van der Waals surface area contributed by atoms with Crippen molar-refractivity contribution in [1.29, 1.82) is 0 Å². The van der Waals surface area contributed by atoms with Gasteiger partial charge in [-0.15, -0.1) is 22.7 Å². The molecule has 0 saturated carbocycles. The molecule has 0 unspecified atom stereocenters. The molecule has 0 atom stereocenters. The molecule has 16 heavy (non-hydrogen) atoms. The van der Waals surface area contributed by atoms with Gasteiger partial charge in [0, 0.05) is 11.6 Å². The Labute approximate surface area is 100 Å². The van der Waals surface area contributed by atoms with E-state index >= 15 is 0 Å². The Morgan fingerprint density at radius 2 is 2.25 bits per heavy atom. The molecule has 1 N–H and O–H groups in total. The van der Waals surface area contributed by atoms with Crippen LogP contribution < -0.4 is 0 Å². The molecule has 3 aromatic rings. The van der Waals surface area contributed by atoms with Gasteiger partial charge >= 0.3 is 0 Å². The van der Waals surface area contributed by atoms with Crippen LogP contribution in [0.5, 0.6) is 0 Å². The maximum Gasteiger partial charge on any atom is 0.170 e. The maximum absolute atomic E-state index is 9.13. The van der Waals surface area contributed by atoms with E-state index in [2.05, 4.69) is 9.97 Å². The molecular formula is C11H8N2OS2. The second-order valence-electron chi connectivity index (χ2n) is 3.31. The predicted octanol–water partition coefficient (Wildman–Crippen LogP) is 2.91. The Balaban J connectivity index is 2.17. The second-order valence-corrected chi connectivity index (χ2v) is 5.11. The zero-order valence-corrected chi connectivity index (χ0v) is 9.88. The summed E-state index contributed by atoms with van der Waals surface area (Å²) in [5.74, 6) is 0.758. The van der Waals surface area contributed by atoms with Crippen molar-refractivity contribution in [3.05, 3.63) is 34.7 Å². The highest BCUT2D eigenvalue weighted by Crippen LogP contribution is 2.27. The SMILES string of the molecule is OCc1csc2nc(-c3cccs3)ncc12. The third-order valence-corrected chi connectivity index (χ3v) is 4.13. The summed E-state index contributed by atoms with van der Waals surface area (Å²) in [7, 11) is 0. The summed E-state index contributed by atoms with van der Waals surface area (Å²) in [6, 6.07) is 3.99. The van der Waals surface area contributed by atoms with E-state index in [0.717, 1.165) is 26.5 Å². The van der Waals surface area contributed by atoms with Crippen LogP contribution in [0.2, 0.25) is 0 Å². The van der Waals surface area contributed by atoms with E-state index in [9.17, 15) is 0 Å². The first-order chi connectivity index (χ1) is 7.88. The summed E-state index contributed by atoms with van der Waals surface area (Å²) in [5.41, 5.74) is 0.901. The number of thiophene rings is 2. The lowest BCUT2D eigenvalue weighted by molar-refractivity contribution is 0.284. The van der Waals surface area contributed by atoms with Crippen molar-refractivity contribution in [1.82, 2.24) is 9.97 Å². The minimum atomic E-state index is 0.0434. The van der Waals surface area contributed by atoms with Crippen molar-refractivity contribution in [2.24, 2.45) is 0 Å². The van der Waals surface area contributed by atoms with Crippen LogP contribution in [0.25, 0.3) is 20.9 Å². The van der Waals surface area contributed by atoms with Crippen LogP contribution in [-0.2, 0) is 6.61 Å². The van der Waals surface area contributed by atoms with Crippen LogP contribution in [0.3, 0.4) is 0 Å². The Bertz CT molecular complexity index is 616. The highest BCUT2D eigenvalue weighted by molar-refractivity contribution is 7.17. The zero-order chi connectivity index (χ0) is 11.0. The van der Waals surface area contributed by atoms with E-state index in [-0.39, 0.29) is 6.61 Å². The van der Waals surface area contributed by atoms with Gasteiger partial charge in [-0.05, 0) is 22.4 Å². The fourth-order valence-corrected chi connectivity index (χ4v) is 3.08. The lowest BCUT2D eigenvalue weighted by atomic mass is 10.2. The molecule has 0 fully saturated rings. The standard InChI is InChI=1S/C11H8N2OS2/c14-5-7-6-16-11-8(7)4-12-10(13-11)9-2-1-3-15-9/h1-4,6,14H,5H2. The number of aromatic nitrogens is 2. The molecule has 0 amide bonds. The molecular weight excluding hydrogens is 240 g/mol. The first-order valence-electron chi connectivity index (χ1n) is 4.76. The molecule has 5 heteroatoms. The van der Waals surface area contributed by atoms with Gasteiger partial charge in [-0.25, -0.2) is 9.97 Å². The highest BCUT2D eigenvalue weighted by Gasteiger charge is 2.08. The van der Waals surface area contributed by atoms with Crippen molar-refractivity contribution in [3.63, 3.8) is 0 Å². The quantitative estimate of drug-likeness (QED) is 0.758. The van der Waals surface area contributed by atoms with Crippen molar-refractivity contribution in [2.45, 2.75) is 6.61 Å². The number of nitrogens with zero attached hydrogens (tertiary/aromatic N) is 2. The van der Waals surface area contributed by atoms with Crippen LogP contribution in [0, 0.1) is 0 Å². The third-order valence-electron chi connectivity index (χ3n) is 2.32. The van der Waals surface area contributed by atoms with Crippen LogP contribution in [0.1, 0.15) is 5.56 Å². The van der Waals surface area contributed by atoms with Gasteiger partial charge in [0.2, 0.25) is 0 Å². The number of aliphatic hydroxyl groups excluding tert-OH is 1. The van der Waals surface area contributed by atoms with Crippen molar-refractivity contribution in [3.8, 4) is 10.7 Å². The third kappa shape index (κ3) is 1.53. The average Bonchev–Trinajstić information content (AvgIpc) is 2.97. The van der Waals surface area contributed by atoms with E-state index in [1.54, 1.807) is 28.9 Å². The van der Waals surface area contributed by atoms with Crippen LogP contribution >= 0.6 is 22.7 Å². The van der Waals surface area contributed by atoms with Gasteiger partial charge in [0.05, 0.1) is 11.5 Å². The van der Waals surface area contributed by atoms with Gasteiger partial charge in [0.1, 0.15) is 4.83 Å². The number of hydrogen-bond acceptors (Lipinski definition) is 5. The van der Waals surface area contributed by atoms with E-state index in [1.807, 2.05) is 22.9 Å². The minimum absolute atomic E-state index is 0.0434. The van der Waals surface area contributed by atoms with Gasteiger partial charge in [-0.1, -0.05) is 6.07 Å². The molecule has 3 heterocycles. The maximum atomic E-state index is 9.13. The fourth-order valence-electron chi connectivity index (χ4n) is 1.51. The van der Waals surface area contributed by atoms with Gasteiger partial charge in [0.15, 0.2) is 5.82 Å².